The number of halogens is 2. The van der Waals surface area contributed by atoms with Gasteiger partial charge in [0.25, 0.3) is 0 Å². The van der Waals surface area contributed by atoms with Crippen molar-refractivity contribution in [2.75, 3.05) is 20.1 Å². The minimum atomic E-state index is 0. The van der Waals surface area contributed by atoms with Crippen LogP contribution in [0.4, 0.5) is 0 Å². The minimum Gasteiger partial charge on any atom is -0.444 e. The third-order valence-electron chi connectivity index (χ3n) is 5.48. The molecule has 3 aromatic rings. The standard InChI is InChI=1S/C24H28ClN5O.HI/c1-26-24(27-15-22-17-31-23(28-22)19-5-3-2-4-6-19)29-21-11-13-30(14-12-21)16-18-7-9-20(25)10-8-18;/h2-10,17,21H,11-16H2,1H3,(H2,26,27,29);1H. The Labute approximate surface area is 211 Å². The van der Waals surface area contributed by atoms with Crippen molar-refractivity contribution in [2.45, 2.75) is 32.0 Å². The highest BCUT2D eigenvalue weighted by molar-refractivity contribution is 14.0. The number of aromatic nitrogens is 1. The number of benzene rings is 2. The average Bonchev–Trinajstić information content (AvgIpc) is 3.29. The maximum atomic E-state index is 5.98. The molecule has 1 aliphatic heterocycles. The normalized spacial score (nSPS) is 15.2. The molecular formula is C24H29ClIN5O. The molecule has 0 atom stereocenters. The number of likely N-dealkylation sites (tertiary alicyclic amines) is 1. The van der Waals surface area contributed by atoms with Crippen LogP contribution in [0.2, 0.25) is 5.02 Å². The zero-order valence-corrected chi connectivity index (χ0v) is 21.2. The molecule has 2 heterocycles. The monoisotopic (exact) mass is 565 g/mol. The van der Waals surface area contributed by atoms with Gasteiger partial charge in [0.1, 0.15) is 6.26 Å². The molecule has 0 saturated carbocycles. The van der Waals surface area contributed by atoms with Crippen LogP contribution in [0.5, 0.6) is 0 Å². The van der Waals surface area contributed by atoms with Crippen LogP contribution in [0.25, 0.3) is 11.5 Å². The van der Waals surface area contributed by atoms with Gasteiger partial charge in [0.15, 0.2) is 5.96 Å². The van der Waals surface area contributed by atoms with Gasteiger partial charge in [-0.3, -0.25) is 9.89 Å². The topological polar surface area (TPSA) is 65.7 Å². The van der Waals surface area contributed by atoms with Gasteiger partial charge in [0.2, 0.25) is 5.89 Å². The van der Waals surface area contributed by atoms with E-state index in [1.165, 1.54) is 5.56 Å². The molecule has 32 heavy (non-hydrogen) atoms. The highest BCUT2D eigenvalue weighted by Crippen LogP contribution is 2.18. The summed E-state index contributed by atoms with van der Waals surface area (Å²) in [7, 11) is 1.79. The summed E-state index contributed by atoms with van der Waals surface area (Å²) in [5, 5.41) is 7.67. The number of oxazole rings is 1. The summed E-state index contributed by atoms with van der Waals surface area (Å²) in [6, 6.07) is 18.4. The summed E-state index contributed by atoms with van der Waals surface area (Å²) in [5.74, 6) is 1.42. The molecule has 0 amide bonds. The van der Waals surface area contributed by atoms with Crippen LogP contribution in [0.3, 0.4) is 0 Å². The average molecular weight is 566 g/mol. The van der Waals surface area contributed by atoms with Crippen LogP contribution in [0.1, 0.15) is 24.1 Å². The molecule has 170 valence electrons. The van der Waals surface area contributed by atoms with Crippen molar-refractivity contribution in [3.63, 3.8) is 0 Å². The van der Waals surface area contributed by atoms with E-state index in [1.54, 1.807) is 13.3 Å². The van der Waals surface area contributed by atoms with E-state index in [4.69, 9.17) is 16.0 Å². The highest BCUT2D eigenvalue weighted by Gasteiger charge is 2.20. The predicted molar refractivity (Wildman–Crippen MR) is 140 cm³/mol. The molecule has 8 heteroatoms. The first-order valence-corrected chi connectivity index (χ1v) is 11.0. The van der Waals surface area contributed by atoms with Gasteiger partial charge in [-0.2, -0.15) is 0 Å². The van der Waals surface area contributed by atoms with Gasteiger partial charge in [-0.25, -0.2) is 4.98 Å². The Kier molecular flexibility index (Phi) is 9.37. The molecule has 2 aromatic carbocycles. The van der Waals surface area contributed by atoms with Crippen molar-refractivity contribution in [1.29, 1.82) is 0 Å². The van der Waals surface area contributed by atoms with Crippen LogP contribution in [0.15, 0.2) is 70.3 Å². The van der Waals surface area contributed by atoms with Crippen molar-refractivity contribution < 1.29 is 4.42 Å². The van der Waals surface area contributed by atoms with Crippen molar-refractivity contribution in [3.8, 4) is 11.5 Å². The van der Waals surface area contributed by atoms with Crippen molar-refractivity contribution in [2.24, 2.45) is 4.99 Å². The van der Waals surface area contributed by atoms with Crippen LogP contribution in [-0.2, 0) is 13.1 Å². The minimum absolute atomic E-state index is 0. The van der Waals surface area contributed by atoms with Crippen LogP contribution >= 0.6 is 35.6 Å². The molecule has 0 bridgehead atoms. The number of rotatable bonds is 6. The zero-order valence-electron chi connectivity index (χ0n) is 18.1. The molecule has 1 saturated heterocycles. The summed E-state index contributed by atoms with van der Waals surface area (Å²) < 4.78 is 5.61. The lowest BCUT2D eigenvalue weighted by molar-refractivity contribution is 0.198. The molecule has 2 N–H and O–H groups in total. The Bertz CT molecular complexity index is 985. The molecule has 0 spiro atoms. The molecule has 0 unspecified atom stereocenters. The summed E-state index contributed by atoms with van der Waals surface area (Å²) >= 11 is 5.98. The SMILES string of the molecule is CN=C(NCc1coc(-c2ccccc2)n1)NC1CCN(Cc2ccc(Cl)cc2)CC1.I. The molecule has 1 aromatic heterocycles. The summed E-state index contributed by atoms with van der Waals surface area (Å²) in [5.41, 5.74) is 3.12. The molecular weight excluding hydrogens is 537 g/mol. The lowest BCUT2D eigenvalue weighted by atomic mass is 10.0. The predicted octanol–water partition coefficient (Wildman–Crippen LogP) is 4.94. The first-order chi connectivity index (χ1) is 15.2. The zero-order chi connectivity index (χ0) is 21.5. The van der Waals surface area contributed by atoms with Gasteiger partial charge < -0.3 is 15.1 Å². The Balaban J connectivity index is 0.00000289. The lowest BCUT2D eigenvalue weighted by Gasteiger charge is -2.33. The number of hydrogen-bond acceptors (Lipinski definition) is 4. The van der Waals surface area contributed by atoms with E-state index < -0.39 is 0 Å². The van der Waals surface area contributed by atoms with E-state index in [1.807, 2.05) is 42.5 Å². The number of aliphatic imine (C=N–C) groups is 1. The quantitative estimate of drug-likeness (QED) is 0.252. The van der Waals surface area contributed by atoms with Gasteiger partial charge >= 0.3 is 0 Å². The number of piperidine rings is 1. The van der Waals surface area contributed by atoms with E-state index in [-0.39, 0.29) is 24.0 Å². The third-order valence-corrected chi connectivity index (χ3v) is 5.73. The van der Waals surface area contributed by atoms with E-state index in [9.17, 15) is 0 Å². The molecule has 0 aliphatic carbocycles. The van der Waals surface area contributed by atoms with Crippen LogP contribution < -0.4 is 10.6 Å². The van der Waals surface area contributed by atoms with E-state index in [2.05, 4.69) is 37.6 Å². The lowest BCUT2D eigenvalue weighted by Crippen LogP contribution is -2.48. The Hall–Kier alpha value is -2.10. The third kappa shape index (κ3) is 6.95. The second-order valence-corrected chi connectivity index (χ2v) is 8.19. The number of nitrogens with one attached hydrogen (secondary N) is 2. The van der Waals surface area contributed by atoms with Gasteiger partial charge in [-0.1, -0.05) is 41.9 Å². The molecule has 4 rings (SSSR count). The fourth-order valence-electron chi connectivity index (χ4n) is 3.75. The second-order valence-electron chi connectivity index (χ2n) is 7.76. The van der Waals surface area contributed by atoms with E-state index in [0.29, 0.717) is 18.5 Å². The van der Waals surface area contributed by atoms with Gasteiger partial charge in [0, 0.05) is 43.3 Å². The summed E-state index contributed by atoms with van der Waals surface area (Å²) in [6.45, 7) is 3.64. The van der Waals surface area contributed by atoms with E-state index in [0.717, 1.165) is 54.7 Å². The molecule has 0 radical (unpaired) electrons. The summed E-state index contributed by atoms with van der Waals surface area (Å²) in [6.07, 6.45) is 3.85. The van der Waals surface area contributed by atoms with Gasteiger partial charge in [-0.15, -0.1) is 24.0 Å². The second kappa shape index (κ2) is 12.2. The van der Waals surface area contributed by atoms with Gasteiger partial charge in [0.05, 0.1) is 12.2 Å². The van der Waals surface area contributed by atoms with E-state index >= 15 is 0 Å². The number of nitrogens with zero attached hydrogens (tertiary/aromatic N) is 3. The van der Waals surface area contributed by atoms with Gasteiger partial charge in [-0.05, 0) is 42.7 Å². The number of guanidine groups is 1. The molecule has 1 fully saturated rings. The largest absolute Gasteiger partial charge is 0.444 e. The molecule has 6 nitrogen and oxygen atoms in total. The Morgan fingerprint density at radius 3 is 2.53 bits per heavy atom. The first-order valence-electron chi connectivity index (χ1n) is 10.6. The smallest absolute Gasteiger partial charge is 0.226 e. The van der Waals surface area contributed by atoms with Crippen LogP contribution in [-0.4, -0.2) is 42.0 Å². The fraction of sp³-hybridized carbons (Fsp3) is 0.333. The molecule has 1 aliphatic rings. The van der Waals surface area contributed by atoms with Crippen molar-refractivity contribution >= 4 is 41.5 Å². The van der Waals surface area contributed by atoms with Crippen molar-refractivity contribution in [3.05, 3.63) is 77.1 Å². The van der Waals surface area contributed by atoms with Crippen LogP contribution in [0, 0.1) is 0 Å². The maximum Gasteiger partial charge on any atom is 0.226 e. The fourth-order valence-corrected chi connectivity index (χ4v) is 3.87. The maximum absolute atomic E-state index is 5.98. The number of hydrogen-bond donors (Lipinski definition) is 2. The summed E-state index contributed by atoms with van der Waals surface area (Å²) in [4.78, 5) is 11.4. The first kappa shape index (κ1) is 24.5. The Morgan fingerprint density at radius 2 is 1.84 bits per heavy atom. The highest BCUT2D eigenvalue weighted by atomic mass is 127. The van der Waals surface area contributed by atoms with Crippen molar-refractivity contribution in [1.82, 2.24) is 20.5 Å². The Morgan fingerprint density at radius 1 is 1.12 bits per heavy atom.